The minimum atomic E-state index is -1.42. The molecule has 0 aromatic carbocycles. The van der Waals surface area contributed by atoms with E-state index >= 15 is 0 Å². The molecular weight excluding hydrogens is 206 g/mol. The van der Waals surface area contributed by atoms with Crippen LogP contribution in [0.25, 0.3) is 0 Å². The number of hydrogen-bond acceptors (Lipinski definition) is 2. The molecule has 1 heterocycles. The molecule has 0 aliphatic rings. The van der Waals surface area contributed by atoms with Crippen LogP contribution in [-0.4, -0.2) is 4.98 Å². The van der Waals surface area contributed by atoms with Crippen LogP contribution in [0, 0.1) is 0 Å². The van der Waals surface area contributed by atoms with Crippen molar-refractivity contribution in [1.29, 1.82) is 0 Å². The molecule has 0 amide bonds. The van der Waals surface area contributed by atoms with Crippen molar-refractivity contribution in [3.8, 4) is 0 Å². The van der Waals surface area contributed by atoms with Gasteiger partial charge in [-0.3, -0.25) is 0 Å². The summed E-state index contributed by atoms with van der Waals surface area (Å²) in [4.78, 5) is 3.76. The average molecular weight is 211 g/mol. The molecule has 0 aliphatic carbocycles. The lowest BCUT2D eigenvalue weighted by Crippen LogP contribution is -2.01. The number of aromatic nitrogens is 1. The standard InChI is InChI=1S/C6H5Cl3N2/c7-6(8,9)4-1-2-11-5(10)3-4/h1-3H,(H2,10,11). The third kappa shape index (κ3) is 2.40. The van der Waals surface area contributed by atoms with Gasteiger partial charge in [0.25, 0.3) is 0 Å². The molecule has 5 heteroatoms. The van der Waals surface area contributed by atoms with E-state index in [0.717, 1.165) is 0 Å². The lowest BCUT2D eigenvalue weighted by atomic mass is 10.3. The molecule has 0 fully saturated rings. The molecule has 0 saturated carbocycles. The van der Waals surface area contributed by atoms with E-state index in [1.165, 1.54) is 12.3 Å². The van der Waals surface area contributed by atoms with E-state index in [1.807, 2.05) is 0 Å². The van der Waals surface area contributed by atoms with Crippen molar-refractivity contribution < 1.29 is 0 Å². The van der Waals surface area contributed by atoms with Gasteiger partial charge in [0.15, 0.2) is 0 Å². The second-order valence-corrected chi connectivity index (χ2v) is 4.25. The molecule has 0 atom stereocenters. The second-order valence-electron chi connectivity index (χ2n) is 1.97. The SMILES string of the molecule is Nc1cc(C(Cl)(Cl)Cl)ccn1. The smallest absolute Gasteiger partial charge is 0.216 e. The molecule has 0 spiro atoms. The van der Waals surface area contributed by atoms with Crippen LogP contribution in [0.15, 0.2) is 18.3 Å². The van der Waals surface area contributed by atoms with Crippen molar-refractivity contribution in [2.45, 2.75) is 3.79 Å². The lowest BCUT2D eigenvalue weighted by Gasteiger charge is -2.10. The lowest BCUT2D eigenvalue weighted by molar-refractivity contribution is 1.20. The Morgan fingerprint density at radius 3 is 2.36 bits per heavy atom. The largest absolute Gasteiger partial charge is 0.384 e. The van der Waals surface area contributed by atoms with E-state index in [1.54, 1.807) is 6.07 Å². The minimum Gasteiger partial charge on any atom is -0.384 e. The quantitative estimate of drug-likeness (QED) is 0.670. The van der Waals surface area contributed by atoms with Crippen molar-refractivity contribution in [3.63, 3.8) is 0 Å². The van der Waals surface area contributed by atoms with Gasteiger partial charge in [0.1, 0.15) is 5.82 Å². The Hall–Kier alpha value is -0.180. The molecule has 2 N–H and O–H groups in total. The van der Waals surface area contributed by atoms with Crippen LogP contribution in [0.1, 0.15) is 5.56 Å². The van der Waals surface area contributed by atoms with Crippen LogP contribution >= 0.6 is 34.8 Å². The number of nitrogen functional groups attached to an aromatic ring is 1. The highest BCUT2D eigenvalue weighted by atomic mass is 35.6. The summed E-state index contributed by atoms with van der Waals surface area (Å²) < 4.78 is -1.42. The molecule has 1 rings (SSSR count). The van der Waals surface area contributed by atoms with Crippen LogP contribution in [0.5, 0.6) is 0 Å². The van der Waals surface area contributed by atoms with Gasteiger partial charge in [-0.05, 0) is 12.1 Å². The Labute approximate surface area is 79.3 Å². The average Bonchev–Trinajstić information content (AvgIpc) is 1.86. The van der Waals surface area contributed by atoms with Crippen LogP contribution in [-0.2, 0) is 3.79 Å². The summed E-state index contributed by atoms with van der Waals surface area (Å²) in [6.45, 7) is 0. The summed E-state index contributed by atoms with van der Waals surface area (Å²) in [5.41, 5.74) is 5.89. The molecule has 2 nitrogen and oxygen atoms in total. The zero-order valence-electron chi connectivity index (χ0n) is 5.39. The van der Waals surface area contributed by atoms with Gasteiger partial charge >= 0.3 is 0 Å². The third-order valence-corrected chi connectivity index (χ3v) is 1.76. The van der Waals surface area contributed by atoms with E-state index < -0.39 is 3.79 Å². The molecule has 0 radical (unpaired) electrons. The maximum absolute atomic E-state index is 5.58. The fourth-order valence-electron chi connectivity index (χ4n) is 0.625. The number of nitrogens with two attached hydrogens (primary N) is 1. The van der Waals surface area contributed by atoms with E-state index in [4.69, 9.17) is 40.5 Å². The molecule has 60 valence electrons. The molecule has 0 aliphatic heterocycles. The van der Waals surface area contributed by atoms with Crippen LogP contribution in [0.4, 0.5) is 5.82 Å². The van der Waals surface area contributed by atoms with Crippen molar-refractivity contribution in [2.24, 2.45) is 0 Å². The van der Waals surface area contributed by atoms with Gasteiger partial charge in [0, 0.05) is 11.8 Å². The van der Waals surface area contributed by atoms with Crippen LogP contribution in [0.2, 0.25) is 0 Å². The van der Waals surface area contributed by atoms with Gasteiger partial charge < -0.3 is 5.73 Å². The first-order chi connectivity index (χ1) is 5.00. The number of anilines is 1. The van der Waals surface area contributed by atoms with E-state index in [0.29, 0.717) is 11.4 Å². The predicted octanol–water partition coefficient (Wildman–Crippen LogP) is 2.49. The topological polar surface area (TPSA) is 38.9 Å². The number of hydrogen-bond donors (Lipinski definition) is 1. The van der Waals surface area contributed by atoms with Crippen LogP contribution < -0.4 is 5.73 Å². The Balaban J connectivity index is 3.06. The fourth-order valence-corrected chi connectivity index (χ4v) is 0.977. The first-order valence-electron chi connectivity index (χ1n) is 2.79. The molecule has 0 unspecified atom stereocenters. The number of nitrogens with zero attached hydrogens (tertiary/aromatic N) is 1. The molecular formula is C6H5Cl3N2. The summed E-state index contributed by atoms with van der Waals surface area (Å²) in [7, 11) is 0. The van der Waals surface area contributed by atoms with E-state index in [-0.39, 0.29) is 0 Å². The molecule has 11 heavy (non-hydrogen) atoms. The van der Waals surface area contributed by atoms with Gasteiger partial charge in [-0.15, -0.1) is 0 Å². The molecule has 1 aromatic heterocycles. The van der Waals surface area contributed by atoms with E-state index in [9.17, 15) is 0 Å². The monoisotopic (exact) mass is 210 g/mol. The van der Waals surface area contributed by atoms with E-state index in [2.05, 4.69) is 4.98 Å². The van der Waals surface area contributed by atoms with Gasteiger partial charge in [0.05, 0.1) is 0 Å². The highest BCUT2D eigenvalue weighted by molar-refractivity contribution is 6.66. The number of rotatable bonds is 0. The van der Waals surface area contributed by atoms with Gasteiger partial charge in [-0.1, -0.05) is 34.8 Å². The summed E-state index contributed by atoms with van der Waals surface area (Å²) >= 11 is 16.7. The summed E-state index contributed by atoms with van der Waals surface area (Å²) in [6, 6.07) is 3.12. The van der Waals surface area contributed by atoms with Crippen molar-refractivity contribution >= 4 is 40.6 Å². The number of pyridine rings is 1. The maximum Gasteiger partial charge on any atom is 0.216 e. The molecule has 0 bridgehead atoms. The second kappa shape index (κ2) is 3.05. The first-order valence-corrected chi connectivity index (χ1v) is 3.92. The summed E-state index contributed by atoms with van der Waals surface area (Å²) in [5.74, 6) is 0.342. The minimum absolute atomic E-state index is 0.342. The highest BCUT2D eigenvalue weighted by Crippen LogP contribution is 2.38. The zero-order valence-corrected chi connectivity index (χ0v) is 7.66. The Bertz CT molecular complexity index is 256. The summed E-state index contributed by atoms with van der Waals surface area (Å²) in [6.07, 6.45) is 1.49. The van der Waals surface area contributed by atoms with Gasteiger partial charge in [0.2, 0.25) is 3.79 Å². The van der Waals surface area contributed by atoms with Crippen LogP contribution in [0.3, 0.4) is 0 Å². The number of alkyl halides is 3. The van der Waals surface area contributed by atoms with Gasteiger partial charge in [-0.2, -0.15) is 0 Å². The normalized spacial score (nSPS) is 11.5. The van der Waals surface area contributed by atoms with Crippen molar-refractivity contribution in [2.75, 3.05) is 5.73 Å². The van der Waals surface area contributed by atoms with Crippen molar-refractivity contribution in [1.82, 2.24) is 4.98 Å². The highest BCUT2D eigenvalue weighted by Gasteiger charge is 2.22. The number of halogens is 3. The first kappa shape index (κ1) is 8.91. The predicted molar refractivity (Wildman–Crippen MR) is 47.9 cm³/mol. The fraction of sp³-hybridized carbons (Fsp3) is 0.167. The third-order valence-electron chi connectivity index (χ3n) is 1.11. The zero-order chi connectivity index (χ0) is 8.48. The Kier molecular flexibility index (Phi) is 2.47. The molecule has 0 saturated heterocycles. The van der Waals surface area contributed by atoms with Gasteiger partial charge in [-0.25, -0.2) is 4.98 Å². The Morgan fingerprint density at radius 1 is 1.36 bits per heavy atom. The Morgan fingerprint density at radius 2 is 2.00 bits per heavy atom. The van der Waals surface area contributed by atoms with Crippen molar-refractivity contribution in [3.05, 3.63) is 23.9 Å². The molecule has 1 aromatic rings. The summed E-state index contributed by atoms with van der Waals surface area (Å²) in [5, 5.41) is 0. The maximum atomic E-state index is 5.58.